The van der Waals surface area contributed by atoms with Crippen molar-refractivity contribution in [2.75, 3.05) is 23.4 Å². The summed E-state index contributed by atoms with van der Waals surface area (Å²) in [5.74, 6) is 0.581. The number of fused-ring (bicyclic) bond motifs is 1. The second-order valence-electron chi connectivity index (χ2n) is 6.56. The summed E-state index contributed by atoms with van der Waals surface area (Å²) in [4.78, 5) is 19.0. The van der Waals surface area contributed by atoms with Gasteiger partial charge in [-0.1, -0.05) is 48.5 Å². The van der Waals surface area contributed by atoms with Crippen LogP contribution in [0.2, 0.25) is 0 Å². The molecule has 1 amide bonds. The lowest BCUT2D eigenvalue weighted by atomic mass is 10.1. The van der Waals surface area contributed by atoms with Crippen molar-refractivity contribution in [1.29, 1.82) is 0 Å². The second-order valence-corrected chi connectivity index (χ2v) is 6.56. The molecule has 0 fully saturated rings. The van der Waals surface area contributed by atoms with Gasteiger partial charge in [-0.25, -0.2) is 4.98 Å². The molecule has 0 aliphatic carbocycles. The van der Waals surface area contributed by atoms with Crippen molar-refractivity contribution < 1.29 is 9.90 Å². The van der Waals surface area contributed by atoms with Gasteiger partial charge in [0.2, 0.25) is 0 Å². The normalized spacial score (nSPS) is 13.9. The van der Waals surface area contributed by atoms with E-state index < -0.39 is 0 Å². The van der Waals surface area contributed by atoms with Crippen LogP contribution in [0.15, 0.2) is 72.9 Å². The molecule has 1 atom stereocenters. The van der Waals surface area contributed by atoms with Gasteiger partial charge in [0.15, 0.2) is 0 Å². The summed E-state index contributed by atoms with van der Waals surface area (Å²) in [5.41, 5.74) is 3.72. The number of hydrogen-bond donors (Lipinski definition) is 2. The molecule has 1 aliphatic rings. The minimum atomic E-state index is -0.245. The Balaban J connectivity index is 1.48. The number of benzene rings is 2. The number of aliphatic hydroxyl groups is 1. The molecule has 4 rings (SSSR count). The van der Waals surface area contributed by atoms with Gasteiger partial charge < -0.3 is 15.3 Å². The molecular formula is C22H21N3O2. The number of hydrogen-bond acceptors (Lipinski definition) is 4. The molecular weight excluding hydrogens is 338 g/mol. The van der Waals surface area contributed by atoms with Gasteiger partial charge in [0.1, 0.15) is 5.82 Å². The molecule has 136 valence electrons. The molecule has 0 saturated carbocycles. The van der Waals surface area contributed by atoms with E-state index in [9.17, 15) is 9.90 Å². The lowest BCUT2D eigenvalue weighted by Gasteiger charge is -2.19. The lowest BCUT2D eigenvalue weighted by molar-refractivity contribution is 0.0989. The Kier molecular flexibility index (Phi) is 4.85. The zero-order valence-electron chi connectivity index (χ0n) is 14.9. The Bertz CT molecular complexity index is 926. The Hall–Kier alpha value is -3.18. The minimum Gasteiger partial charge on any atom is -0.394 e. The molecule has 27 heavy (non-hydrogen) atoms. The highest BCUT2D eigenvalue weighted by Gasteiger charge is 2.25. The first-order valence-electron chi connectivity index (χ1n) is 9.04. The summed E-state index contributed by atoms with van der Waals surface area (Å²) in [7, 11) is 0. The number of nitrogens with one attached hydrogen (secondary N) is 1. The number of carbonyl (C=O) groups is 1. The third-order valence-electron chi connectivity index (χ3n) is 4.85. The quantitative estimate of drug-likeness (QED) is 0.732. The van der Waals surface area contributed by atoms with Gasteiger partial charge in [-0.2, -0.15) is 0 Å². The SMILES string of the molecule is O=C(c1ccc(NC(CO)c2ccccc2)nc1)N1CCc2ccccc21. The van der Waals surface area contributed by atoms with Crippen molar-refractivity contribution in [3.63, 3.8) is 0 Å². The van der Waals surface area contributed by atoms with Crippen molar-refractivity contribution in [3.8, 4) is 0 Å². The van der Waals surface area contributed by atoms with Crippen molar-refractivity contribution in [2.24, 2.45) is 0 Å². The van der Waals surface area contributed by atoms with Gasteiger partial charge in [0, 0.05) is 18.4 Å². The molecule has 2 heterocycles. The first-order chi connectivity index (χ1) is 13.3. The van der Waals surface area contributed by atoms with Gasteiger partial charge in [-0.05, 0) is 35.7 Å². The van der Waals surface area contributed by atoms with Crippen LogP contribution in [0.3, 0.4) is 0 Å². The fraction of sp³-hybridized carbons (Fsp3) is 0.182. The maximum atomic E-state index is 12.8. The monoisotopic (exact) mass is 359 g/mol. The minimum absolute atomic E-state index is 0.0410. The van der Waals surface area contributed by atoms with Crippen molar-refractivity contribution >= 4 is 17.4 Å². The van der Waals surface area contributed by atoms with Gasteiger partial charge in [0.25, 0.3) is 5.91 Å². The van der Waals surface area contributed by atoms with E-state index in [0.717, 1.165) is 17.7 Å². The number of aromatic nitrogens is 1. The highest BCUT2D eigenvalue weighted by molar-refractivity contribution is 6.07. The van der Waals surface area contributed by atoms with Crippen LogP contribution in [0.1, 0.15) is 27.5 Å². The van der Waals surface area contributed by atoms with E-state index in [1.54, 1.807) is 23.2 Å². The fourth-order valence-electron chi connectivity index (χ4n) is 3.41. The standard InChI is InChI=1S/C22H21N3O2/c26-15-19(16-6-2-1-3-7-16)24-21-11-10-18(14-23-21)22(27)25-13-12-17-8-4-5-9-20(17)25/h1-11,14,19,26H,12-13,15H2,(H,23,24). The van der Waals surface area contributed by atoms with E-state index in [1.807, 2.05) is 48.5 Å². The summed E-state index contributed by atoms with van der Waals surface area (Å²) < 4.78 is 0. The highest BCUT2D eigenvalue weighted by Crippen LogP contribution is 2.29. The van der Waals surface area contributed by atoms with Crippen LogP contribution in [0.5, 0.6) is 0 Å². The number of anilines is 2. The van der Waals surface area contributed by atoms with Crippen LogP contribution >= 0.6 is 0 Å². The predicted molar refractivity (Wildman–Crippen MR) is 106 cm³/mol. The molecule has 3 aromatic rings. The molecule has 1 aromatic heterocycles. The summed E-state index contributed by atoms with van der Waals surface area (Å²) in [6, 6.07) is 21.0. The average Bonchev–Trinajstić information content (AvgIpc) is 3.17. The maximum absolute atomic E-state index is 12.8. The Morgan fingerprint density at radius 2 is 1.85 bits per heavy atom. The molecule has 5 nitrogen and oxygen atoms in total. The first-order valence-corrected chi connectivity index (χ1v) is 9.04. The molecule has 0 radical (unpaired) electrons. The topological polar surface area (TPSA) is 65.5 Å². The largest absolute Gasteiger partial charge is 0.394 e. The summed E-state index contributed by atoms with van der Waals surface area (Å²) in [6.07, 6.45) is 2.47. The van der Waals surface area contributed by atoms with E-state index in [-0.39, 0.29) is 18.6 Å². The van der Waals surface area contributed by atoms with E-state index in [4.69, 9.17) is 0 Å². The maximum Gasteiger partial charge on any atom is 0.259 e. The number of rotatable bonds is 5. The summed E-state index contributed by atoms with van der Waals surface area (Å²) in [6.45, 7) is 0.649. The molecule has 1 aliphatic heterocycles. The van der Waals surface area contributed by atoms with Crippen LogP contribution in [0, 0.1) is 0 Å². The Morgan fingerprint density at radius 1 is 1.07 bits per heavy atom. The number of pyridine rings is 1. The molecule has 0 bridgehead atoms. The van der Waals surface area contributed by atoms with Gasteiger partial charge in [-0.15, -0.1) is 0 Å². The third kappa shape index (κ3) is 3.55. The van der Waals surface area contributed by atoms with Crippen LogP contribution in [-0.4, -0.2) is 29.1 Å². The molecule has 1 unspecified atom stereocenters. The fourth-order valence-corrected chi connectivity index (χ4v) is 3.41. The smallest absolute Gasteiger partial charge is 0.259 e. The molecule has 0 spiro atoms. The van der Waals surface area contributed by atoms with Crippen LogP contribution in [0.4, 0.5) is 11.5 Å². The zero-order chi connectivity index (χ0) is 18.6. The number of para-hydroxylation sites is 1. The molecule has 5 heteroatoms. The van der Waals surface area contributed by atoms with Crippen LogP contribution in [-0.2, 0) is 6.42 Å². The first kappa shape index (κ1) is 17.2. The number of aliphatic hydroxyl groups excluding tert-OH is 1. The molecule has 2 N–H and O–H groups in total. The van der Waals surface area contributed by atoms with Gasteiger partial charge in [0.05, 0.1) is 18.2 Å². The second kappa shape index (κ2) is 7.60. The lowest BCUT2D eigenvalue weighted by Crippen LogP contribution is -2.29. The van der Waals surface area contributed by atoms with E-state index in [1.165, 1.54) is 5.56 Å². The summed E-state index contributed by atoms with van der Waals surface area (Å²) in [5, 5.41) is 12.9. The van der Waals surface area contributed by atoms with E-state index in [0.29, 0.717) is 17.9 Å². The Labute approximate surface area is 158 Å². The number of nitrogens with zero attached hydrogens (tertiary/aromatic N) is 2. The highest BCUT2D eigenvalue weighted by atomic mass is 16.3. The van der Waals surface area contributed by atoms with E-state index in [2.05, 4.69) is 16.4 Å². The van der Waals surface area contributed by atoms with Crippen molar-refractivity contribution in [3.05, 3.63) is 89.6 Å². The Morgan fingerprint density at radius 3 is 2.59 bits per heavy atom. The summed E-state index contributed by atoms with van der Waals surface area (Å²) >= 11 is 0. The molecule has 0 saturated heterocycles. The number of carbonyl (C=O) groups excluding carboxylic acids is 1. The van der Waals surface area contributed by atoms with Crippen LogP contribution < -0.4 is 10.2 Å². The van der Waals surface area contributed by atoms with Gasteiger partial charge in [-0.3, -0.25) is 4.79 Å². The van der Waals surface area contributed by atoms with Gasteiger partial charge >= 0.3 is 0 Å². The zero-order valence-corrected chi connectivity index (χ0v) is 14.9. The van der Waals surface area contributed by atoms with Crippen LogP contribution in [0.25, 0.3) is 0 Å². The van der Waals surface area contributed by atoms with E-state index >= 15 is 0 Å². The predicted octanol–water partition coefficient (Wildman–Crippen LogP) is 3.43. The molecule has 2 aromatic carbocycles. The average molecular weight is 359 g/mol. The number of amides is 1. The van der Waals surface area contributed by atoms with Crippen molar-refractivity contribution in [1.82, 2.24) is 4.98 Å². The third-order valence-corrected chi connectivity index (χ3v) is 4.85. The van der Waals surface area contributed by atoms with Crippen molar-refractivity contribution in [2.45, 2.75) is 12.5 Å².